The lowest BCUT2D eigenvalue weighted by Gasteiger charge is -2.11. The molecule has 1 heterocycles. The Kier molecular flexibility index (Phi) is 4.32. The van der Waals surface area contributed by atoms with Crippen LogP contribution in [0.4, 0.5) is 4.39 Å². The van der Waals surface area contributed by atoms with Crippen molar-refractivity contribution >= 4 is 21.4 Å². The molecule has 2 rings (SSSR count). The van der Waals surface area contributed by atoms with Gasteiger partial charge in [0, 0.05) is 16.0 Å². The number of halogens is 1. The largest absolute Gasteiger partial charge is 0.271 e. The molecule has 3 N–H and O–H groups in total. The molecular formula is C14H15FN2S. The van der Waals surface area contributed by atoms with Crippen LogP contribution in [-0.4, -0.2) is 0 Å². The molecule has 1 unspecified atom stereocenters. The fourth-order valence-corrected chi connectivity index (χ4v) is 3.00. The average Bonchev–Trinajstić information content (AvgIpc) is 2.77. The van der Waals surface area contributed by atoms with Crippen molar-refractivity contribution in [1.29, 1.82) is 0 Å². The molecule has 4 heteroatoms. The highest BCUT2D eigenvalue weighted by Gasteiger charge is 2.12. The van der Waals surface area contributed by atoms with Gasteiger partial charge in [0.1, 0.15) is 5.82 Å². The molecular weight excluding hydrogens is 247 g/mol. The van der Waals surface area contributed by atoms with Gasteiger partial charge in [-0.25, -0.2) is 4.39 Å². The molecule has 0 saturated carbocycles. The number of rotatable bonds is 4. The highest BCUT2D eigenvalue weighted by Crippen LogP contribution is 2.31. The van der Waals surface area contributed by atoms with E-state index in [1.807, 2.05) is 13.0 Å². The summed E-state index contributed by atoms with van der Waals surface area (Å²) in [7, 11) is 0. The minimum absolute atomic E-state index is 0.0753. The summed E-state index contributed by atoms with van der Waals surface area (Å²) >= 11 is 1.64. The highest BCUT2D eigenvalue weighted by atomic mass is 32.1. The van der Waals surface area contributed by atoms with Crippen molar-refractivity contribution in [2.45, 2.75) is 25.8 Å². The standard InChI is InChI=1S/C14H15FN2S/c1-2-3-4-5-12(17-16)14-9-10-8-11(15)6-7-13(10)18-14/h6-9,12,17H,4-5,16H2,1H3. The van der Waals surface area contributed by atoms with E-state index in [2.05, 4.69) is 17.3 Å². The summed E-state index contributed by atoms with van der Waals surface area (Å²) < 4.78 is 14.2. The maximum atomic E-state index is 13.1. The van der Waals surface area contributed by atoms with Crippen LogP contribution in [0.3, 0.4) is 0 Å². The Morgan fingerprint density at radius 3 is 3.00 bits per heavy atom. The molecule has 0 radical (unpaired) electrons. The lowest BCUT2D eigenvalue weighted by Crippen LogP contribution is -2.27. The van der Waals surface area contributed by atoms with Crippen LogP contribution in [0.15, 0.2) is 24.3 Å². The molecule has 18 heavy (non-hydrogen) atoms. The maximum Gasteiger partial charge on any atom is 0.123 e. The van der Waals surface area contributed by atoms with Crippen molar-refractivity contribution in [3.05, 3.63) is 35.0 Å². The third-order valence-corrected chi connectivity index (χ3v) is 4.01. The van der Waals surface area contributed by atoms with Gasteiger partial charge in [-0.1, -0.05) is 0 Å². The van der Waals surface area contributed by atoms with E-state index in [0.717, 1.165) is 27.8 Å². The second-order valence-corrected chi connectivity index (χ2v) is 5.13. The van der Waals surface area contributed by atoms with Gasteiger partial charge in [-0.2, -0.15) is 0 Å². The van der Waals surface area contributed by atoms with E-state index < -0.39 is 0 Å². The normalized spacial score (nSPS) is 12.2. The summed E-state index contributed by atoms with van der Waals surface area (Å²) in [6.07, 6.45) is 1.65. The maximum absolute atomic E-state index is 13.1. The first kappa shape index (κ1) is 13.0. The molecule has 1 aromatic carbocycles. The van der Waals surface area contributed by atoms with E-state index in [1.165, 1.54) is 6.07 Å². The fraction of sp³-hybridized carbons (Fsp3) is 0.286. The summed E-state index contributed by atoms with van der Waals surface area (Å²) in [5, 5.41) is 0.928. The van der Waals surface area contributed by atoms with Gasteiger partial charge in [0.2, 0.25) is 0 Å². The van der Waals surface area contributed by atoms with Gasteiger partial charge in [-0.15, -0.1) is 23.2 Å². The predicted octanol–water partition coefficient (Wildman–Crippen LogP) is 3.35. The number of hydrogen-bond donors (Lipinski definition) is 2. The van der Waals surface area contributed by atoms with Crippen LogP contribution < -0.4 is 11.3 Å². The van der Waals surface area contributed by atoms with Gasteiger partial charge in [-0.05, 0) is 43.0 Å². The Labute approximate surface area is 110 Å². The van der Waals surface area contributed by atoms with E-state index in [-0.39, 0.29) is 11.9 Å². The Morgan fingerprint density at radius 1 is 1.44 bits per heavy atom. The zero-order valence-electron chi connectivity index (χ0n) is 10.2. The second kappa shape index (κ2) is 5.96. The van der Waals surface area contributed by atoms with Gasteiger partial charge in [0.05, 0.1) is 6.04 Å². The quantitative estimate of drug-likeness (QED) is 0.504. The molecule has 2 nitrogen and oxygen atoms in total. The predicted molar refractivity (Wildman–Crippen MR) is 74.5 cm³/mol. The monoisotopic (exact) mass is 262 g/mol. The van der Waals surface area contributed by atoms with Crippen LogP contribution >= 0.6 is 11.3 Å². The van der Waals surface area contributed by atoms with E-state index in [1.54, 1.807) is 23.5 Å². The van der Waals surface area contributed by atoms with E-state index in [4.69, 9.17) is 5.84 Å². The van der Waals surface area contributed by atoms with Gasteiger partial charge < -0.3 is 0 Å². The number of nitrogens with two attached hydrogens (primary N) is 1. The summed E-state index contributed by atoms with van der Waals surface area (Å²) in [6, 6.07) is 6.90. The van der Waals surface area contributed by atoms with Crippen LogP contribution in [0.1, 0.15) is 30.7 Å². The molecule has 2 aromatic rings. The molecule has 0 aliphatic heterocycles. The van der Waals surface area contributed by atoms with Crippen LogP contribution in [0.25, 0.3) is 10.1 Å². The zero-order valence-corrected chi connectivity index (χ0v) is 11.0. The zero-order chi connectivity index (χ0) is 13.0. The molecule has 1 atom stereocenters. The fourth-order valence-electron chi connectivity index (χ4n) is 1.86. The molecule has 0 amide bonds. The van der Waals surface area contributed by atoms with Crippen molar-refractivity contribution in [1.82, 2.24) is 5.43 Å². The minimum Gasteiger partial charge on any atom is -0.271 e. The first-order valence-electron chi connectivity index (χ1n) is 5.79. The lowest BCUT2D eigenvalue weighted by molar-refractivity contribution is 0.532. The minimum atomic E-state index is -0.207. The molecule has 94 valence electrons. The Hall–Kier alpha value is -1.41. The van der Waals surface area contributed by atoms with Crippen molar-refractivity contribution in [2.24, 2.45) is 5.84 Å². The Bertz CT molecular complexity index is 595. The van der Waals surface area contributed by atoms with Crippen molar-refractivity contribution in [2.75, 3.05) is 0 Å². The molecule has 1 aromatic heterocycles. The van der Waals surface area contributed by atoms with E-state index in [9.17, 15) is 4.39 Å². The first-order chi connectivity index (χ1) is 8.74. The number of nitrogens with one attached hydrogen (secondary N) is 1. The van der Waals surface area contributed by atoms with Crippen molar-refractivity contribution in [3.8, 4) is 11.8 Å². The van der Waals surface area contributed by atoms with Gasteiger partial charge in [0.25, 0.3) is 0 Å². The molecule has 0 saturated heterocycles. The number of benzene rings is 1. The van der Waals surface area contributed by atoms with Crippen molar-refractivity contribution in [3.63, 3.8) is 0 Å². The van der Waals surface area contributed by atoms with Crippen LogP contribution in [0.2, 0.25) is 0 Å². The number of hydrogen-bond acceptors (Lipinski definition) is 3. The molecule has 0 fully saturated rings. The molecule has 0 spiro atoms. The topological polar surface area (TPSA) is 38.0 Å². The van der Waals surface area contributed by atoms with Crippen LogP contribution in [0, 0.1) is 17.7 Å². The van der Waals surface area contributed by atoms with Crippen molar-refractivity contribution < 1.29 is 4.39 Å². The summed E-state index contributed by atoms with van der Waals surface area (Å²) in [5.41, 5.74) is 2.80. The van der Waals surface area contributed by atoms with Gasteiger partial charge >= 0.3 is 0 Å². The van der Waals surface area contributed by atoms with E-state index in [0.29, 0.717) is 0 Å². The number of thiophene rings is 1. The first-order valence-corrected chi connectivity index (χ1v) is 6.61. The molecule has 0 bridgehead atoms. The van der Waals surface area contributed by atoms with Gasteiger partial charge in [0.15, 0.2) is 0 Å². The average molecular weight is 262 g/mol. The Balaban J connectivity index is 2.24. The van der Waals surface area contributed by atoms with E-state index >= 15 is 0 Å². The molecule has 0 aliphatic rings. The van der Waals surface area contributed by atoms with Crippen LogP contribution in [0.5, 0.6) is 0 Å². The summed E-state index contributed by atoms with van der Waals surface area (Å²) in [5.74, 6) is 11.3. The smallest absolute Gasteiger partial charge is 0.123 e. The number of fused-ring (bicyclic) bond motifs is 1. The molecule has 0 aliphatic carbocycles. The number of hydrazine groups is 1. The summed E-state index contributed by atoms with van der Waals surface area (Å²) in [6.45, 7) is 1.83. The SMILES string of the molecule is CC#CCCC(NN)c1cc2cc(F)ccc2s1. The Morgan fingerprint density at radius 2 is 2.28 bits per heavy atom. The third-order valence-electron chi connectivity index (χ3n) is 2.78. The lowest BCUT2D eigenvalue weighted by atomic mass is 10.1. The van der Waals surface area contributed by atoms with Crippen LogP contribution in [-0.2, 0) is 0 Å². The highest BCUT2D eigenvalue weighted by molar-refractivity contribution is 7.19. The van der Waals surface area contributed by atoms with Gasteiger partial charge in [-0.3, -0.25) is 11.3 Å². The third kappa shape index (κ3) is 2.88. The second-order valence-electron chi connectivity index (χ2n) is 4.02. The summed E-state index contributed by atoms with van der Waals surface area (Å²) in [4.78, 5) is 1.12.